The molecule has 2 heterocycles. The van der Waals surface area contributed by atoms with Crippen molar-refractivity contribution in [3.05, 3.63) is 218 Å². The number of nitrogens with zero attached hydrogens (tertiary/aromatic N) is 2. The molecular weight excluding hydrogens is 709 g/mol. The molecule has 0 radical (unpaired) electrons. The van der Waals surface area contributed by atoms with Crippen LogP contribution in [0.4, 0.5) is 17.1 Å². The van der Waals surface area contributed by atoms with Gasteiger partial charge in [0.25, 0.3) is 0 Å². The fraction of sp³-hybridized carbons (Fsp3) is 0. The number of aromatic nitrogens is 1. The molecule has 0 N–H and O–H groups in total. The van der Waals surface area contributed by atoms with E-state index >= 15 is 0 Å². The van der Waals surface area contributed by atoms with E-state index in [2.05, 4.69) is 228 Å². The van der Waals surface area contributed by atoms with E-state index in [4.69, 9.17) is 0 Å². The van der Waals surface area contributed by atoms with Crippen molar-refractivity contribution >= 4 is 70.4 Å². The molecule has 0 atom stereocenters. The van der Waals surface area contributed by atoms with E-state index in [9.17, 15) is 0 Å². The average Bonchev–Trinajstić information content (AvgIpc) is 3.83. The van der Waals surface area contributed by atoms with Crippen molar-refractivity contribution < 1.29 is 0 Å². The number of hydrogen-bond donors (Lipinski definition) is 0. The van der Waals surface area contributed by atoms with Gasteiger partial charge >= 0.3 is 0 Å². The molecule has 2 aromatic heterocycles. The summed E-state index contributed by atoms with van der Waals surface area (Å²) >= 11 is 1.88. The molecule has 268 valence electrons. The van der Waals surface area contributed by atoms with E-state index in [1.54, 1.807) is 0 Å². The Bertz CT molecular complexity index is 3220. The maximum atomic E-state index is 2.49. The predicted molar refractivity (Wildman–Crippen MR) is 245 cm³/mol. The Balaban J connectivity index is 1.16. The van der Waals surface area contributed by atoms with Gasteiger partial charge in [-0.25, -0.2) is 0 Å². The molecule has 0 fully saturated rings. The number of rotatable bonds is 7. The molecule has 11 aromatic rings. The molecule has 0 aliphatic carbocycles. The van der Waals surface area contributed by atoms with Gasteiger partial charge in [-0.15, -0.1) is 11.3 Å². The zero-order chi connectivity index (χ0) is 37.7. The Hall–Kier alpha value is -7.20. The van der Waals surface area contributed by atoms with Gasteiger partial charge in [-0.1, -0.05) is 164 Å². The topological polar surface area (TPSA) is 8.17 Å². The van der Waals surface area contributed by atoms with E-state index < -0.39 is 0 Å². The highest BCUT2D eigenvalue weighted by Crippen LogP contribution is 2.47. The standard InChI is InChI=1S/C54H36N2S/c1-4-16-37(17-5-1)38-30-32-41(33-31-38)55(40-20-8-3-9-21-40)42-34-35-44-43-22-10-12-27-49(43)56(51(44)36-42)50-28-15-24-46(53(50)39-18-6-2-7-19-39)48-26-14-25-47-45-23-11-13-29-52(45)57-54(47)48/h1-36H. The van der Waals surface area contributed by atoms with Crippen LogP contribution in [0.5, 0.6) is 0 Å². The van der Waals surface area contributed by atoms with Crippen LogP contribution in [-0.4, -0.2) is 4.57 Å². The number of hydrogen-bond acceptors (Lipinski definition) is 2. The van der Waals surface area contributed by atoms with Crippen LogP contribution in [0.25, 0.3) is 81.0 Å². The molecule has 9 aromatic carbocycles. The molecule has 0 saturated carbocycles. The summed E-state index contributed by atoms with van der Waals surface area (Å²) in [7, 11) is 0. The summed E-state index contributed by atoms with van der Waals surface area (Å²) in [5, 5.41) is 5.06. The zero-order valence-corrected chi connectivity index (χ0v) is 31.9. The second kappa shape index (κ2) is 13.8. The van der Waals surface area contributed by atoms with Crippen LogP contribution in [0.2, 0.25) is 0 Å². The van der Waals surface area contributed by atoms with Crippen molar-refractivity contribution in [3.63, 3.8) is 0 Å². The predicted octanol–water partition coefficient (Wildman–Crippen LogP) is 15.6. The normalized spacial score (nSPS) is 11.5. The van der Waals surface area contributed by atoms with Crippen molar-refractivity contribution in [2.45, 2.75) is 0 Å². The molecule has 0 amide bonds. The second-order valence-corrected chi connectivity index (χ2v) is 15.5. The summed E-state index contributed by atoms with van der Waals surface area (Å²) in [5.74, 6) is 0. The Morgan fingerprint density at radius 1 is 0.351 bits per heavy atom. The molecule has 3 heteroatoms. The first-order valence-corrected chi connectivity index (χ1v) is 20.3. The van der Waals surface area contributed by atoms with Crippen LogP contribution in [0.1, 0.15) is 0 Å². The lowest BCUT2D eigenvalue weighted by molar-refractivity contribution is 1.18. The minimum absolute atomic E-state index is 1.10. The fourth-order valence-electron chi connectivity index (χ4n) is 8.63. The maximum absolute atomic E-state index is 2.49. The Kier molecular flexibility index (Phi) is 8.04. The Labute approximate surface area is 335 Å². The Morgan fingerprint density at radius 2 is 0.912 bits per heavy atom. The highest BCUT2D eigenvalue weighted by atomic mass is 32.1. The summed E-state index contributed by atoms with van der Waals surface area (Å²) in [6, 6.07) is 79.3. The summed E-state index contributed by atoms with van der Waals surface area (Å²) in [4.78, 5) is 2.37. The third-order valence-electron chi connectivity index (χ3n) is 11.2. The highest BCUT2D eigenvalue weighted by molar-refractivity contribution is 7.26. The monoisotopic (exact) mass is 744 g/mol. The molecule has 57 heavy (non-hydrogen) atoms. The largest absolute Gasteiger partial charge is 0.310 e. The first-order chi connectivity index (χ1) is 28.3. The molecule has 0 saturated heterocycles. The molecule has 11 rings (SSSR count). The fourth-order valence-corrected chi connectivity index (χ4v) is 9.86. The zero-order valence-electron chi connectivity index (χ0n) is 31.1. The molecule has 0 unspecified atom stereocenters. The van der Waals surface area contributed by atoms with Crippen LogP contribution < -0.4 is 4.90 Å². The van der Waals surface area contributed by atoms with Gasteiger partial charge < -0.3 is 9.47 Å². The van der Waals surface area contributed by atoms with Gasteiger partial charge in [0.05, 0.1) is 16.7 Å². The maximum Gasteiger partial charge on any atom is 0.0562 e. The Morgan fingerprint density at radius 3 is 1.70 bits per heavy atom. The quantitative estimate of drug-likeness (QED) is 0.158. The molecule has 0 bridgehead atoms. The highest BCUT2D eigenvalue weighted by Gasteiger charge is 2.22. The third-order valence-corrected chi connectivity index (χ3v) is 12.4. The van der Waals surface area contributed by atoms with Crippen LogP contribution >= 0.6 is 11.3 Å². The van der Waals surface area contributed by atoms with Crippen molar-refractivity contribution in [2.24, 2.45) is 0 Å². The third kappa shape index (κ3) is 5.63. The summed E-state index contributed by atoms with van der Waals surface area (Å²) in [6.45, 7) is 0. The lowest BCUT2D eigenvalue weighted by Crippen LogP contribution is -2.10. The van der Waals surface area contributed by atoms with E-state index in [1.165, 1.54) is 69.8 Å². The number of para-hydroxylation sites is 2. The minimum Gasteiger partial charge on any atom is -0.310 e. The first-order valence-electron chi connectivity index (χ1n) is 19.4. The van der Waals surface area contributed by atoms with Gasteiger partial charge in [0.15, 0.2) is 0 Å². The smallest absolute Gasteiger partial charge is 0.0562 e. The summed E-state index contributed by atoms with van der Waals surface area (Å²) in [5.41, 5.74) is 14.1. The number of anilines is 3. The van der Waals surface area contributed by atoms with Gasteiger partial charge in [-0.3, -0.25) is 0 Å². The lowest BCUT2D eigenvalue weighted by Gasteiger charge is -2.26. The summed E-state index contributed by atoms with van der Waals surface area (Å²) < 4.78 is 5.12. The van der Waals surface area contributed by atoms with Gasteiger partial charge in [-0.2, -0.15) is 0 Å². The first kappa shape index (κ1) is 33.2. The molecular formula is C54H36N2S. The molecule has 0 spiro atoms. The number of benzene rings is 9. The molecule has 0 aliphatic heterocycles. The van der Waals surface area contributed by atoms with Crippen LogP contribution in [-0.2, 0) is 0 Å². The van der Waals surface area contributed by atoms with E-state index in [0.717, 1.165) is 28.3 Å². The van der Waals surface area contributed by atoms with Gasteiger partial charge in [0.1, 0.15) is 0 Å². The lowest BCUT2D eigenvalue weighted by atomic mass is 9.92. The molecule has 2 nitrogen and oxygen atoms in total. The van der Waals surface area contributed by atoms with E-state index in [-0.39, 0.29) is 0 Å². The van der Waals surface area contributed by atoms with Crippen molar-refractivity contribution in [1.29, 1.82) is 0 Å². The second-order valence-electron chi connectivity index (χ2n) is 14.5. The van der Waals surface area contributed by atoms with Gasteiger partial charge in [-0.05, 0) is 76.9 Å². The summed E-state index contributed by atoms with van der Waals surface area (Å²) in [6.07, 6.45) is 0. The van der Waals surface area contributed by atoms with E-state index in [0.29, 0.717) is 0 Å². The molecule has 0 aliphatic rings. The van der Waals surface area contributed by atoms with E-state index in [1.807, 2.05) is 11.3 Å². The van der Waals surface area contributed by atoms with Crippen molar-refractivity contribution in [3.8, 4) is 39.1 Å². The number of fused-ring (bicyclic) bond motifs is 6. The van der Waals surface area contributed by atoms with Crippen molar-refractivity contribution in [1.82, 2.24) is 4.57 Å². The number of thiophene rings is 1. The SMILES string of the molecule is c1ccc(-c2ccc(N(c3ccccc3)c3ccc4c5ccccc5n(-c5cccc(-c6cccc7c6sc6ccccc67)c5-c5ccccc5)c4c3)cc2)cc1. The van der Waals surface area contributed by atoms with Crippen LogP contribution in [0.15, 0.2) is 218 Å². The van der Waals surface area contributed by atoms with Gasteiger partial charge in [0.2, 0.25) is 0 Å². The average molecular weight is 745 g/mol. The van der Waals surface area contributed by atoms with Crippen molar-refractivity contribution in [2.75, 3.05) is 4.90 Å². The van der Waals surface area contributed by atoms with Gasteiger partial charge in [0, 0.05) is 59.1 Å². The minimum atomic E-state index is 1.10. The van der Waals surface area contributed by atoms with Crippen LogP contribution in [0, 0.1) is 0 Å². The van der Waals surface area contributed by atoms with Crippen LogP contribution in [0.3, 0.4) is 0 Å².